The van der Waals surface area contributed by atoms with Crippen molar-refractivity contribution in [3.05, 3.63) is 29.3 Å². The first kappa shape index (κ1) is 14.6. The van der Waals surface area contributed by atoms with Crippen molar-refractivity contribution in [2.75, 3.05) is 18.5 Å². The molecule has 1 heterocycles. The number of benzene rings is 1. The highest BCUT2D eigenvalue weighted by Gasteiger charge is 2.23. The predicted octanol–water partition coefficient (Wildman–Crippen LogP) is 1.91. The molecule has 1 aliphatic rings. The van der Waals surface area contributed by atoms with Crippen molar-refractivity contribution >= 4 is 17.5 Å². The lowest BCUT2D eigenvalue weighted by Crippen LogP contribution is -2.26. The minimum Gasteiger partial charge on any atom is -0.356 e. The molecule has 1 aromatic carbocycles. The molecule has 2 rings (SSSR count). The Morgan fingerprint density at radius 1 is 1.40 bits per heavy atom. The highest BCUT2D eigenvalue weighted by atomic mass is 16.2. The van der Waals surface area contributed by atoms with Gasteiger partial charge in [0.25, 0.3) is 0 Å². The topological polar surface area (TPSA) is 49.4 Å². The molecular weight excluding hydrogens is 252 g/mol. The zero-order valence-corrected chi connectivity index (χ0v) is 12.4. The van der Waals surface area contributed by atoms with E-state index in [2.05, 4.69) is 11.4 Å². The second-order valence-electron chi connectivity index (χ2n) is 5.79. The zero-order chi connectivity index (χ0) is 14.7. The van der Waals surface area contributed by atoms with Gasteiger partial charge in [-0.1, -0.05) is 26.0 Å². The number of anilines is 1. The molecule has 20 heavy (non-hydrogen) atoms. The number of nitrogens with zero attached hydrogens (tertiary/aromatic N) is 1. The highest BCUT2D eigenvalue weighted by Crippen LogP contribution is 2.28. The van der Waals surface area contributed by atoms with Gasteiger partial charge in [-0.2, -0.15) is 0 Å². The van der Waals surface area contributed by atoms with E-state index in [0.29, 0.717) is 25.3 Å². The summed E-state index contributed by atoms with van der Waals surface area (Å²) in [6, 6.07) is 6.10. The first-order chi connectivity index (χ1) is 9.47. The quantitative estimate of drug-likeness (QED) is 0.891. The lowest BCUT2D eigenvalue weighted by Gasteiger charge is -2.11. The van der Waals surface area contributed by atoms with Gasteiger partial charge in [-0.15, -0.1) is 0 Å². The lowest BCUT2D eigenvalue weighted by molar-refractivity contribution is -0.121. The van der Waals surface area contributed by atoms with Crippen molar-refractivity contribution in [1.82, 2.24) is 5.32 Å². The van der Waals surface area contributed by atoms with Gasteiger partial charge < -0.3 is 10.2 Å². The average Bonchev–Trinajstić information content (AvgIpc) is 2.64. The van der Waals surface area contributed by atoms with Crippen LogP contribution in [-0.4, -0.2) is 25.4 Å². The van der Waals surface area contributed by atoms with Crippen molar-refractivity contribution in [2.45, 2.75) is 33.1 Å². The van der Waals surface area contributed by atoms with Crippen molar-refractivity contribution in [3.8, 4) is 0 Å². The molecule has 2 amide bonds. The van der Waals surface area contributed by atoms with Gasteiger partial charge in [-0.3, -0.25) is 9.59 Å². The maximum Gasteiger partial charge on any atom is 0.231 e. The second-order valence-corrected chi connectivity index (χ2v) is 5.79. The molecule has 0 saturated carbocycles. The Labute approximate surface area is 120 Å². The summed E-state index contributed by atoms with van der Waals surface area (Å²) in [5, 5.41) is 2.93. The van der Waals surface area contributed by atoms with Crippen molar-refractivity contribution in [3.63, 3.8) is 0 Å². The number of hydrogen-bond donors (Lipinski definition) is 1. The molecule has 0 aromatic heterocycles. The molecule has 1 aromatic rings. The van der Waals surface area contributed by atoms with Crippen LogP contribution in [0.25, 0.3) is 0 Å². The van der Waals surface area contributed by atoms with Crippen LogP contribution >= 0.6 is 0 Å². The maximum absolute atomic E-state index is 11.6. The van der Waals surface area contributed by atoms with Crippen LogP contribution in [0.4, 0.5) is 5.69 Å². The third-order valence-electron chi connectivity index (χ3n) is 3.55. The summed E-state index contributed by atoms with van der Waals surface area (Å²) in [6.45, 7) is 4.72. The Balaban J connectivity index is 1.88. The molecule has 4 nitrogen and oxygen atoms in total. The van der Waals surface area contributed by atoms with Crippen LogP contribution in [0.1, 0.15) is 31.4 Å². The fourth-order valence-corrected chi connectivity index (χ4v) is 2.47. The van der Waals surface area contributed by atoms with Crippen LogP contribution in [0, 0.1) is 5.92 Å². The largest absolute Gasteiger partial charge is 0.356 e. The van der Waals surface area contributed by atoms with E-state index in [0.717, 1.165) is 23.2 Å². The van der Waals surface area contributed by atoms with Crippen LogP contribution in [0.2, 0.25) is 0 Å². The van der Waals surface area contributed by atoms with Gasteiger partial charge in [0.2, 0.25) is 11.8 Å². The number of carbonyl (C=O) groups excluding carboxylic acids is 2. The number of nitrogens with one attached hydrogen (secondary N) is 1. The van der Waals surface area contributed by atoms with E-state index in [1.165, 1.54) is 0 Å². The summed E-state index contributed by atoms with van der Waals surface area (Å²) in [7, 11) is 1.81. The average molecular weight is 274 g/mol. The fourth-order valence-electron chi connectivity index (χ4n) is 2.47. The van der Waals surface area contributed by atoms with E-state index in [1.807, 2.05) is 26.0 Å². The van der Waals surface area contributed by atoms with Gasteiger partial charge in [0, 0.05) is 25.7 Å². The van der Waals surface area contributed by atoms with Gasteiger partial charge >= 0.3 is 0 Å². The molecular formula is C16H22N2O2. The molecule has 0 atom stereocenters. The molecule has 0 bridgehead atoms. The van der Waals surface area contributed by atoms with Crippen LogP contribution in [0.3, 0.4) is 0 Å². The Hall–Kier alpha value is -1.84. The summed E-state index contributed by atoms with van der Waals surface area (Å²) in [5.74, 6) is 0.634. The summed E-state index contributed by atoms with van der Waals surface area (Å²) < 4.78 is 0. The first-order valence-corrected chi connectivity index (χ1v) is 7.12. The van der Waals surface area contributed by atoms with Crippen molar-refractivity contribution in [1.29, 1.82) is 0 Å². The zero-order valence-electron chi connectivity index (χ0n) is 12.4. The van der Waals surface area contributed by atoms with E-state index in [-0.39, 0.29) is 11.8 Å². The van der Waals surface area contributed by atoms with Gasteiger partial charge in [0.15, 0.2) is 0 Å². The number of fused-ring (bicyclic) bond motifs is 1. The van der Waals surface area contributed by atoms with Crippen LogP contribution in [-0.2, 0) is 22.4 Å². The van der Waals surface area contributed by atoms with Crippen LogP contribution < -0.4 is 10.2 Å². The summed E-state index contributed by atoms with van der Waals surface area (Å²) in [5.41, 5.74) is 3.25. The van der Waals surface area contributed by atoms with E-state index in [4.69, 9.17) is 0 Å². The molecule has 1 N–H and O–H groups in total. The van der Waals surface area contributed by atoms with E-state index < -0.39 is 0 Å². The first-order valence-electron chi connectivity index (χ1n) is 7.12. The summed E-state index contributed by atoms with van der Waals surface area (Å²) >= 11 is 0. The van der Waals surface area contributed by atoms with E-state index >= 15 is 0 Å². The maximum atomic E-state index is 11.6. The molecule has 0 radical (unpaired) electrons. The highest BCUT2D eigenvalue weighted by molar-refractivity contribution is 6.00. The molecule has 0 fully saturated rings. The number of likely N-dealkylation sites (N-methyl/N-ethyl adjacent to an activating group) is 1. The number of carbonyl (C=O) groups is 2. The Morgan fingerprint density at radius 3 is 2.85 bits per heavy atom. The third-order valence-corrected chi connectivity index (χ3v) is 3.55. The predicted molar refractivity (Wildman–Crippen MR) is 79.7 cm³/mol. The number of rotatable bonds is 5. The van der Waals surface area contributed by atoms with Crippen molar-refractivity contribution in [2.24, 2.45) is 5.92 Å². The van der Waals surface area contributed by atoms with Crippen LogP contribution in [0.15, 0.2) is 18.2 Å². The minimum absolute atomic E-state index is 0.107. The minimum atomic E-state index is 0.107. The Bertz CT molecular complexity index is 523. The summed E-state index contributed by atoms with van der Waals surface area (Å²) in [6.07, 6.45) is 1.86. The molecule has 108 valence electrons. The Kier molecular flexibility index (Phi) is 4.42. The number of amides is 2. The van der Waals surface area contributed by atoms with E-state index in [1.54, 1.807) is 11.9 Å². The Morgan fingerprint density at radius 2 is 2.15 bits per heavy atom. The van der Waals surface area contributed by atoms with Gasteiger partial charge in [-0.25, -0.2) is 0 Å². The molecule has 1 aliphatic heterocycles. The molecule has 4 heteroatoms. The molecule has 0 spiro atoms. The van der Waals surface area contributed by atoms with Gasteiger partial charge in [0.05, 0.1) is 6.42 Å². The molecule has 0 aliphatic carbocycles. The van der Waals surface area contributed by atoms with Gasteiger partial charge in [0.1, 0.15) is 0 Å². The van der Waals surface area contributed by atoms with Crippen LogP contribution in [0.5, 0.6) is 0 Å². The van der Waals surface area contributed by atoms with E-state index in [9.17, 15) is 9.59 Å². The van der Waals surface area contributed by atoms with Gasteiger partial charge in [-0.05, 0) is 29.5 Å². The molecule has 0 saturated heterocycles. The smallest absolute Gasteiger partial charge is 0.231 e. The number of hydrogen-bond acceptors (Lipinski definition) is 2. The fraction of sp³-hybridized carbons (Fsp3) is 0.500. The SMILES string of the molecule is CC(C)CC(=O)NCCc1ccc2c(c1)CC(=O)N2C. The lowest BCUT2D eigenvalue weighted by atomic mass is 10.1. The molecule has 0 unspecified atom stereocenters. The normalized spacial score (nSPS) is 13.8. The standard InChI is InChI=1S/C16H22N2O2/c1-11(2)8-15(19)17-7-6-12-4-5-14-13(9-12)10-16(20)18(14)3/h4-5,9,11H,6-8,10H2,1-3H3,(H,17,19). The third kappa shape index (κ3) is 3.38. The van der Waals surface area contributed by atoms with Crippen molar-refractivity contribution < 1.29 is 9.59 Å². The summed E-state index contributed by atoms with van der Waals surface area (Å²) in [4.78, 5) is 24.9. The second kappa shape index (κ2) is 6.07. The monoisotopic (exact) mass is 274 g/mol.